The number of amides is 2. The van der Waals surface area contributed by atoms with Gasteiger partial charge in [0.1, 0.15) is 0 Å². The molecular formula is C21H32N4O2. The van der Waals surface area contributed by atoms with Gasteiger partial charge >= 0.3 is 0 Å². The third-order valence-corrected chi connectivity index (χ3v) is 6.68. The molecule has 6 heteroatoms. The van der Waals surface area contributed by atoms with E-state index in [1.807, 2.05) is 4.90 Å². The minimum Gasteiger partial charge on any atom is -0.342 e. The normalized spacial score (nSPS) is 25.5. The van der Waals surface area contributed by atoms with Crippen molar-refractivity contribution in [1.82, 2.24) is 20.0 Å². The molecule has 2 fully saturated rings. The number of aromatic nitrogens is 2. The summed E-state index contributed by atoms with van der Waals surface area (Å²) in [6.07, 6.45) is 7.79. The minimum absolute atomic E-state index is 0.0677. The number of piperidine rings is 2. The fourth-order valence-corrected chi connectivity index (χ4v) is 5.08. The molecule has 4 rings (SSSR count). The van der Waals surface area contributed by atoms with Crippen molar-refractivity contribution in [3.63, 3.8) is 0 Å². The van der Waals surface area contributed by atoms with Gasteiger partial charge < -0.3 is 9.80 Å². The van der Waals surface area contributed by atoms with Gasteiger partial charge in [-0.05, 0) is 50.9 Å². The summed E-state index contributed by atoms with van der Waals surface area (Å²) in [6, 6.07) is 0. The highest BCUT2D eigenvalue weighted by Crippen LogP contribution is 2.39. The number of aromatic amines is 1. The van der Waals surface area contributed by atoms with Crippen molar-refractivity contribution in [3.05, 3.63) is 17.0 Å². The van der Waals surface area contributed by atoms with Crippen molar-refractivity contribution in [1.29, 1.82) is 0 Å². The van der Waals surface area contributed by atoms with Gasteiger partial charge in [0.15, 0.2) is 5.69 Å². The van der Waals surface area contributed by atoms with E-state index in [1.165, 1.54) is 0 Å². The molecule has 2 aliphatic heterocycles. The number of hydrogen-bond acceptors (Lipinski definition) is 3. The molecule has 1 N–H and O–H groups in total. The molecule has 2 amide bonds. The lowest BCUT2D eigenvalue weighted by Gasteiger charge is -2.48. The maximum absolute atomic E-state index is 13.2. The van der Waals surface area contributed by atoms with Crippen molar-refractivity contribution in [2.45, 2.75) is 65.2 Å². The van der Waals surface area contributed by atoms with Crippen LogP contribution < -0.4 is 0 Å². The number of hydrogen-bond donors (Lipinski definition) is 1. The number of carbonyl (C=O) groups is 2. The molecular weight excluding hydrogens is 340 g/mol. The zero-order valence-electron chi connectivity index (χ0n) is 16.7. The van der Waals surface area contributed by atoms with Crippen LogP contribution in [0.1, 0.15) is 74.1 Å². The number of fused-ring (bicyclic) bond motifs is 1. The molecule has 1 aromatic rings. The summed E-state index contributed by atoms with van der Waals surface area (Å²) in [5, 5.41) is 7.41. The Labute approximate surface area is 161 Å². The summed E-state index contributed by atoms with van der Waals surface area (Å²) < 4.78 is 0. The standard InChI is InChI=1S/C21H32N4O2/c1-15(2)8-12-24-13-21(10-7-18(24)26)9-4-11-25(14-21)20(27)19-16-5-3-6-17(16)22-23-19/h15H,3-14H2,1-2H3,(H,22,23). The first-order chi connectivity index (χ1) is 13.0. The molecule has 1 spiro atoms. The first-order valence-corrected chi connectivity index (χ1v) is 10.6. The minimum atomic E-state index is 0.0677. The molecule has 6 nitrogen and oxygen atoms in total. The third-order valence-electron chi connectivity index (χ3n) is 6.68. The summed E-state index contributed by atoms with van der Waals surface area (Å²) in [5.41, 5.74) is 2.99. The van der Waals surface area contributed by atoms with E-state index < -0.39 is 0 Å². The highest BCUT2D eigenvalue weighted by atomic mass is 16.2. The molecule has 0 aromatic carbocycles. The van der Waals surface area contributed by atoms with Gasteiger partial charge in [0.25, 0.3) is 5.91 Å². The van der Waals surface area contributed by atoms with Gasteiger partial charge in [0, 0.05) is 49.3 Å². The summed E-state index contributed by atoms with van der Waals surface area (Å²) in [7, 11) is 0. The van der Waals surface area contributed by atoms with Crippen LogP contribution in [-0.4, -0.2) is 58.0 Å². The van der Waals surface area contributed by atoms with Gasteiger partial charge in [-0.15, -0.1) is 0 Å². The quantitative estimate of drug-likeness (QED) is 0.884. The lowest BCUT2D eigenvalue weighted by Crippen LogP contribution is -2.55. The second kappa shape index (κ2) is 7.28. The Kier molecular flexibility index (Phi) is 4.99. The molecule has 0 radical (unpaired) electrons. The number of nitrogens with zero attached hydrogens (tertiary/aromatic N) is 3. The molecule has 148 valence electrons. The van der Waals surface area contributed by atoms with Crippen molar-refractivity contribution >= 4 is 11.8 Å². The molecule has 1 atom stereocenters. The van der Waals surface area contributed by atoms with Crippen LogP contribution in [0.15, 0.2) is 0 Å². The van der Waals surface area contributed by atoms with Crippen LogP contribution in [0.25, 0.3) is 0 Å². The number of carbonyl (C=O) groups excluding carboxylic acids is 2. The lowest BCUT2D eigenvalue weighted by atomic mass is 9.73. The van der Waals surface area contributed by atoms with Crippen LogP contribution in [-0.2, 0) is 17.6 Å². The molecule has 1 aliphatic carbocycles. The molecule has 2 saturated heterocycles. The van der Waals surface area contributed by atoms with Gasteiger partial charge in [-0.2, -0.15) is 5.10 Å². The largest absolute Gasteiger partial charge is 0.342 e. The Bertz CT molecular complexity index is 726. The first kappa shape index (κ1) is 18.5. The van der Waals surface area contributed by atoms with E-state index in [4.69, 9.17) is 0 Å². The van der Waals surface area contributed by atoms with Gasteiger partial charge in [-0.25, -0.2) is 0 Å². The Morgan fingerprint density at radius 1 is 1.19 bits per heavy atom. The van der Waals surface area contributed by atoms with E-state index in [-0.39, 0.29) is 17.2 Å². The highest BCUT2D eigenvalue weighted by Gasteiger charge is 2.43. The fourth-order valence-electron chi connectivity index (χ4n) is 5.08. The smallest absolute Gasteiger partial charge is 0.274 e. The monoisotopic (exact) mass is 372 g/mol. The number of rotatable bonds is 4. The molecule has 3 aliphatic rings. The number of nitrogens with one attached hydrogen (secondary N) is 1. The predicted molar refractivity (Wildman–Crippen MR) is 103 cm³/mol. The predicted octanol–water partition coefficient (Wildman–Crippen LogP) is 2.79. The molecule has 3 heterocycles. The third kappa shape index (κ3) is 3.63. The average Bonchev–Trinajstić information content (AvgIpc) is 3.26. The van der Waals surface area contributed by atoms with Crippen LogP contribution in [0.2, 0.25) is 0 Å². The molecule has 1 unspecified atom stereocenters. The van der Waals surface area contributed by atoms with Crippen LogP contribution in [0, 0.1) is 11.3 Å². The molecule has 0 bridgehead atoms. The maximum Gasteiger partial charge on any atom is 0.274 e. The van der Waals surface area contributed by atoms with E-state index in [2.05, 4.69) is 28.9 Å². The Hall–Kier alpha value is -1.85. The van der Waals surface area contributed by atoms with Crippen LogP contribution in [0.4, 0.5) is 0 Å². The van der Waals surface area contributed by atoms with E-state index in [9.17, 15) is 9.59 Å². The van der Waals surface area contributed by atoms with Crippen molar-refractivity contribution in [2.24, 2.45) is 11.3 Å². The molecule has 0 saturated carbocycles. The van der Waals surface area contributed by atoms with Crippen molar-refractivity contribution in [2.75, 3.05) is 26.2 Å². The van der Waals surface area contributed by atoms with Crippen molar-refractivity contribution < 1.29 is 9.59 Å². The lowest BCUT2D eigenvalue weighted by molar-refractivity contribution is -0.139. The van der Waals surface area contributed by atoms with Crippen molar-refractivity contribution in [3.8, 4) is 0 Å². The summed E-state index contributed by atoms with van der Waals surface area (Å²) in [4.78, 5) is 29.6. The SMILES string of the molecule is CC(C)CCN1CC2(CCCN(C(=O)c3n[nH]c4c3CCC4)C2)CCC1=O. The Morgan fingerprint density at radius 2 is 2.04 bits per heavy atom. The van der Waals surface area contributed by atoms with Gasteiger partial charge in [0.2, 0.25) is 5.91 Å². The second-order valence-corrected chi connectivity index (χ2v) is 9.21. The first-order valence-electron chi connectivity index (χ1n) is 10.6. The van der Waals surface area contributed by atoms with Crippen LogP contribution in [0.3, 0.4) is 0 Å². The number of likely N-dealkylation sites (tertiary alicyclic amines) is 2. The van der Waals surface area contributed by atoms with E-state index in [0.29, 0.717) is 18.0 Å². The zero-order chi connectivity index (χ0) is 19.0. The van der Waals surface area contributed by atoms with E-state index in [0.717, 1.165) is 82.4 Å². The zero-order valence-corrected chi connectivity index (χ0v) is 16.7. The van der Waals surface area contributed by atoms with E-state index in [1.54, 1.807) is 0 Å². The number of aryl methyl sites for hydroxylation is 1. The Balaban J connectivity index is 1.46. The van der Waals surface area contributed by atoms with E-state index >= 15 is 0 Å². The fraction of sp³-hybridized carbons (Fsp3) is 0.762. The van der Waals surface area contributed by atoms with Gasteiger partial charge in [-0.3, -0.25) is 14.7 Å². The second-order valence-electron chi connectivity index (χ2n) is 9.21. The number of H-pyrrole nitrogens is 1. The summed E-state index contributed by atoms with van der Waals surface area (Å²) >= 11 is 0. The average molecular weight is 373 g/mol. The maximum atomic E-state index is 13.2. The summed E-state index contributed by atoms with van der Waals surface area (Å²) in [5.74, 6) is 0.968. The molecule has 1 aromatic heterocycles. The van der Waals surface area contributed by atoms with Crippen LogP contribution in [0.5, 0.6) is 0 Å². The van der Waals surface area contributed by atoms with Crippen LogP contribution >= 0.6 is 0 Å². The van der Waals surface area contributed by atoms with Gasteiger partial charge in [0.05, 0.1) is 0 Å². The molecule has 27 heavy (non-hydrogen) atoms. The topological polar surface area (TPSA) is 69.3 Å². The Morgan fingerprint density at radius 3 is 2.85 bits per heavy atom. The highest BCUT2D eigenvalue weighted by molar-refractivity contribution is 5.94. The van der Waals surface area contributed by atoms with Gasteiger partial charge in [-0.1, -0.05) is 13.8 Å². The summed E-state index contributed by atoms with van der Waals surface area (Å²) in [6.45, 7) is 7.63.